The third-order valence-corrected chi connectivity index (χ3v) is 3.89. The predicted octanol–water partition coefficient (Wildman–Crippen LogP) is 1.95. The molecule has 1 aliphatic heterocycles. The Hall–Kier alpha value is -1.26. The molecule has 0 aromatic heterocycles. The molecule has 1 aliphatic rings. The van der Waals surface area contributed by atoms with Crippen LogP contribution in [0.2, 0.25) is 5.02 Å². The van der Waals surface area contributed by atoms with Gasteiger partial charge < -0.3 is 15.5 Å². The maximum Gasteiger partial charge on any atom is 0.221 e. The molecule has 1 aromatic carbocycles. The van der Waals surface area contributed by atoms with Gasteiger partial charge in [-0.3, -0.25) is 4.79 Å². The van der Waals surface area contributed by atoms with E-state index in [0.717, 1.165) is 29.4 Å². The Bertz CT molecular complexity index is 464. The fourth-order valence-corrected chi connectivity index (χ4v) is 2.58. The summed E-state index contributed by atoms with van der Waals surface area (Å²) in [4.78, 5) is 13.5. The second kappa shape index (κ2) is 6.26. The molecule has 1 aromatic rings. The summed E-state index contributed by atoms with van der Waals surface area (Å²) in [6.45, 7) is 4.33. The molecule has 0 aliphatic carbocycles. The van der Waals surface area contributed by atoms with E-state index in [9.17, 15) is 4.79 Å². The Labute approximate surface area is 119 Å². The minimum atomic E-state index is 0.119. The van der Waals surface area contributed by atoms with Crippen LogP contribution >= 0.6 is 11.6 Å². The number of nitrogens with zero attached hydrogens (tertiary/aromatic N) is 1. The number of halogens is 1. The highest BCUT2D eigenvalue weighted by molar-refractivity contribution is 6.31. The monoisotopic (exact) mass is 281 g/mol. The number of hydrogen-bond donors (Lipinski definition) is 2. The Kier molecular flexibility index (Phi) is 4.66. The maximum absolute atomic E-state index is 11.3. The van der Waals surface area contributed by atoms with Crippen LogP contribution in [0, 0.1) is 0 Å². The minimum absolute atomic E-state index is 0.119. The van der Waals surface area contributed by atoms with Crippen LogP contribution in [-0.4, -0.2) is 32.6 Å². The van der Waals surface area contributed by atoms with Gasteiger partial charge in [0.2, 0.25) is 5.91 Å². The summed E-state index contributed by atoms with van der Waals surface area (Å²) in [5.74, 6) is 0.119. The first-order chi connectivity index (χ1) is 9.11. The SMILES string of the molecule is CNC(C)c1ccc(N2CCNC(=O)CC2)cc1Cl. The first kappa shape index (κ1) is 14.2. The van der Waals surface area contributed by atoms with Crippen LogP contribution in [0.1, 0.15) is 24.9 Å². The van der Waals surface area contributed by atoms with E-state index in [1.165, 1.54) is 0 Å². The lowest BCUT2D eigenvalue weighted by Gasteiger charge is -2.23. The van der Waals surface area contributed by atoms with Crippen molar-refractivity contribution in [3.05, 3.63) is 28.8 Å². The molecule has 104 valence electrons. The smallest absolute Gasteiger partial charge is 0.221 e. The number of benzene rings is 1. The largest absolute Gasteiger partial charge is 0.369 e. The zero-order valence-electron chi connectivity index (χ0n) is 11.4. The molecule has 0 bridgehead atoms. The zero-order chi connectivity index (χ0) is 13.8. The van der Waals surface area contributed by atoms with Crippen LogP contribution in [0.3, 0.4) is 0 Å². The molecule has 2 N–H and O–H groups in total. The van der Waals surface area contributed by atoms with E-state index < -0.39 is 0 Å². The van der Waals surface area contributed by atoms with Crippen LogP contribution < -0.4 is 15.5 Å². The first-order valence-electron chi connectivity index (χ1n) is 6.60. The summed E-state index contributed by atoms with van der Waals surface area (Å²) in [6, 6.07) is 6.35. The fourth-order valence-electron chi connectivity index (χ4n) is 2.24. The maximum atomic E-state index is 11.3. The van der Waals surface area contributed by atoms with E-state index in [0.29, 0.717) is 13.0 Å². The number of carbonyl (C=O) groups is 1. The third kappa shape index (κ3) is 3.39. The summed E-state index contributed by atoms with van der Waals surface area (Å²) in [7, 11) is 1.92. The Morgan fingerprint density at radius 2 is 2.21 bits per heavy atom. The Morgan fingerprint density at radius 1 is 1.42 bits per heavy atom. The Morgan fingerprint density at radius 3 is 2.89 bits per heavy atom. The number of nitrogens with one attached hydrogen (secondary N) is 2. The zero-order valence-corrected chi connectivity index (χ0v) is 12.1. The predicted molar refractivity (Wildman–Crippen MR) is 78.8 cm³/mol. The van der Waals surface area contributed by atoms with Crippen LogP contribution in [-0.2, 0) is 4.79 Å². The van der Waals surface area contributed by atoms with E-state index in [1.807, 2.05) is 13.1 Å². The third-order valence-electron chi connectivity index (χ3n) is 3.56. The highest BCUT2D eigenvalue weighted by Crippen LogP contribution is 2.28. The summed E-state index contributed by atoms with van der Waals surface area (Å²) in [5.41, 5.74) is 2.17. The summed E-state index contributed by atoms with van der Waals surface area (Å²) in [5, 5.41) is 6.82. The molecule has 0 spiro atoms. The lowest BCUT2D eigenvalue weighted by atomic mass is 10.1. The molecule has 1 saturated heterocycles. The quantitative estimate of drug-likeness (QED) is 0.890. The van der Waals surface area contributed by atoms with E-state index in [4.69, 9.17) is 11.6 Å². The van der Waals surface area contributed by atoms with Gasteiger partial charge in [-0.25, -0.2) is 0 Å². The average Bonchev–Trinajstić information content (AvgIpc) is 2.62. The van der Waals surface area contributed by atoms with Crippen molar-refractivity contribution < 1.29 is 4.79 Å². The van der Waals surface area contributed by atoms with Gasteiger partial charge in [-0.2, -0.15) is 0 Å². The summed E-state index contributed by atoms with van der Waals surface area (Å²) < 4.78 is 0. The van der Waals surface area contributed by atoms with E-state index in [1.54, 1.807) is 0 Å². The van der Waals surface area contributed by atoms with Gasteiger partial charge in [-0.15, -0.1) is 0 Å². The van der Waals surface area contributed by atoms with Crippen molar-refractivity contribution in [1.29, 1.82) is 0 Å². The molecule has 19 heavy (non-hydrogen) atoms. The second-order valence-corrected chi connectivity index (χ2v) is 5.21. The van der Waals surface area contributed by atoms with Crippen LogP contribution in [0.25, 0.3) is 0 Å². The molecule has 1 amide bonds. The van der Waals surface area contributed by atoms with Crippen LogP contribution in [0.4, 0.5) is 5.69 Å². The molecule has 2 rings (SSSR count). The average molecular weight is 282 g/mol. The minimum Gasteiger partial charge on any atom is -0.369 e. The first-order valence-corrected chi connectivity index (χ1v) is 6.98. The van der Waals surface area contributed by atoms with Crippen molar-refractivity contribution in [2.24, 2.45) is 0 Å². The summed E-state index contributed by atoms with van der Waals surface area (Å²) in [6.07, 6.45) is 0.534. The van der Waals surface area contributed by atoms with Gasteiger partial charge in [0.05, 0.1) is 0 Å². The van der Waals surface area contributed by atoms with Gasteiger partial charge in [-0.05, 0) is 31.7 Å². The number of amides is 1. The molecule has 1 fully saturated rings. The normalized spacial score (nSPS) is 17.8. The van der Waals surface area contributed by atoms with Crippen molar-refractivity contribution in [3.63, 3.8) is 0 Å². The highest BCUT2D eigenvalue weighted by Gasteiger charge is 2.15. The molecule has 1 atom stereocenters. The van der Waals surface area contributed by atoms with Crippen molar-refractivity contribution in [1.82, 2.24) is 10.6 Å². The van der Waals surface area contributed by atoms with Crippen molar-refractivity contribution >= 4 is 23.2 Å². The van der Waals surface area contributed by atoms with Crippen molar-refractivity contribution in [2.75, 3.05) is 31.6 Å². The number of rotatable bonds is 3. The van der Waals surface area contributed by atoms with Gasteiger partial charge in [0, 0.05) is 42.8 Å². The molecular formula is C14H20ClN3O. The van der Waals surface area contributed by atoms with Gasteiger partial charge >= 0.3 is 0 Å². The lowest BCUT2D eigenvalue weighted by molar-refractivity contribution is -0.120. The second-order valence-electron chi connectivity index (χ2n) is 4.80. The fraction of sp³-hybridized carbons (Fsp3) is 0.500. The highest BCUT2D eigenvalue weighted by atomic mass is 35.5. The number of carbonyl (C=O) groups excluding carboxylic acids is 1. The standard InChI is InChI=1S/C14H20ClN3O/c1-10(16-2)12-4-3-11(9-13(12)15)18-7-5-14(19)17-6-8-18/h3-4,9-10,16H,5-8H2,1-2H3,(H,17,19). The van der Waals surface area contributed by atoms with E-state index in [2.05, 4.69) is 34.6 Å². The van der Waals surface area contributed by atoms with E-state index >= 15 is 0 Å². The molecule has 1 heterocycles. The molecular weight excluding hydrogens is 262 g/mol. The van der Waals surface area contributed by atoms with Crippen molar-refractivity contribution in [3.8, 4) is 0 Å². The van der Waals surface area contributed by atoms with E-state index in [-0.39, 0.29) is 11.9 Å². The van der Waals surface area contributed by atoms with Crippen molar-refractivity contribution in [2.45, 2.75) is 19.4 Å². The van der Waals surface area contributed by atoms with Gasteiger partial charge in [0.25, 0.3) is 0 Å². The van der Waals surface area contributed by atoms with Gasteiger partial charge in [0.15, 0.2) is 0 Å². The lowest BCUT2D eigenvalue weighted by Crippen LogP contribution is -2.28. The van der Waals surface area contributed by atoms with Gasteiger partial charge in [0.1, 0.15) is 0 Å². The number of anilines is 1. The molecule has 0 radical (unpaired) electrons. The molecule has 5 heteroatoms. The molecule has 0 saturated carbocycles. The Balaban J connectivity index is 2.17. The molecule has 1 unspecified atom stereocenters. The summed E-state index contributed by atoms with van der Waals surface area (Å²) >= 11 is 6.34. The topological polar surface area (TPSA) is 44.4 Å². The van der Waals surface area contributed by atoms with Gasteiger partial charge in [-0.1, -0.05) is 17.7 Å². The van der Waals surface area contributed by atoms with Crippen LogP contribution in [0.15, 0.2) is 18.2 Å². The van der Waals surface area contributed by atoms with Crippen LogP contribution in [0.5, 0.6) is 0 Å². The number of hydrogen-bond acceptors (Lipinski definition) is 3. The molecule has 4 nitrogen and oxygen atoms in total.